The van der Waals surface area contributed by atoms with E-state index in [1.807, 2.05) is 0 Å². The Morgan fingerprint density at radius 1 is 1.11 bits per heavy atom. The summed E-state index contributed by atoms with van der Waals surface area (Å²) in [6, 6.07) is 10.2. The van der Waals surface area contributed by atoms with Crippen molar-refractivity contribution in [1.29, 1.82) is 0 Å². The Morgan fingerprint density at radius 3 is 2.43 bits per heavy atom. The van der Waals surface area contributed by atoms with Gasteiger partial charge in [0.05, 0.1) is 38.0 Å². The highest BCUT2D eigenvalue weighted by molar-refractivity contribution is 6.46. The fraction of sp³-hybridized carbons (Fsp3) is 0.429. The van der Waals surface area contributed by atoms with Crippen LogP contribution in [0.2, 0.25) is 0 Å². The van der Waals surface area contributed by atoms with Gasteiger partial charge in [0, 0.05) is 31.7 Å². The molecule has 2 aliphatic heterocycles. The number of aliphatic hydroxyl groups excluding tert-OH is 1. The Bertz CT molecular complexity index is 1160. The Hall–Kier alpha value is -3.43. The van der Waals surface area contributed by atoms with Gasteiger partial charge in [-0.1, -0.05) is 12.1 Å². The first-order valence-corrected chi connectivity index (χ1v) is 12.5. The fourth-order valence-corrected chi connectivity index (χ4v) is 4.69. The lowest BCUT2D eigenvalue weighted by Gasteiger charge is -2.29. The minimum atomic E-state index is -0.815. The third kappa shape index (κ3) is 5.94. The van der Waals surface area contributed by atoms with Gasteiger partial charge in [-0.2, -0.15) is 0 Å². The van der Waals surface area contributed by atoms with Crippen molar-refractivity contribution in [3.8, 4) is 11.5 Å². The van der Waals surface area contributed by atoms with Crippen LogP contribution in [0.4, 0.5) is 4.39 Å². The van der Waals surface area contributed by atoms with E-state index in [1.165, 1.54) is 17.0 Å². The van der Waals surface area contributed by atoms with Crippen LogP contribution >= 0.6 is 0 Å². The summed E-state index contributed by atoms with van der Waals surface area (Å²) in [6.07, 6.45) is 0.419. The number of carbonyl (C=O) groups is 2. The molecule has 2 aromatic carbocycles. The van der Waals surface area contributed by atoms with E-state index < -0.39 is 29.3 Å². The van der Waals surface area contributed by atoms with Crippen molar-refractivity contribution in [2.24, 2.45) is 0 Å². The van der Waals surface area contributed by atoms with Gasteiger partial charge in [-0.3, -0.25) is 14.5 Å². The second-order valence-electron chi connectivity index (χ2n) is 9.39. The molecule has 2 aromatic rings. The molecular weight excluding hydrogens is 479 g/mol. The Morgan fingerprint density at radius 2 is 1.81 bits per heavy atom. The number of hydrogen-bond donors (Lipinski definition) is 1. The predicted molar refractivity (Wildman–Crippen MR) is 136 cm³/mol. The van der Waals surface area contributed by atoms with Crippen molar-refractivity contribution in [3.63, 3.8) is 0 Å². The summed E-state index contributed by atoms with van der Waals surface area (Å²) in [5, 5.41) is 11.2. The standard InChI is InChI=1S/C28H33FN2O6/c1-18(2)37-23-10-7-20(17-22(23)29)26(32)24-25(19-5-8-21(35-3)9-6-19)31(28(34)27(24)33)12-4-11-30-13-15-36-16-14-30/h5-10,17-18,25,32H,4,11-16H2,1-3H3/b26-24-. The highest BCUT2D eigenvalue weighted by Gasteiger charge is 2.45. The minimum absolute atomic E-state index is 0.0434. The summed E-state index contributed by atoms with van der Waals surface area (Å²) in [5.41, 5.74) is 0.671. The number of carbonyl (C=O) groups excluding carboxylic acids is 2. The maximum Gasteiger partial charge on any atom is 0.295 e. The Balaban J connectivity index is 1.68. The number of halogens is 1. The van der Waals surface area contributed by atoms with Crippen LogP contribution in [0.3, 0.4) is 0 Å². The van der Waals surface area contributed by atoms with Gasteiger partial charge in [0.25, 0.3) is 11.7 Å². The maximum absolute atomic E-state index is 14.7. The summed E-state index contributed by atoms with van der Waals surface area (Å²) in [5.74, 6) is -1.92. The first-order valence-electron chi connectivity index (χ1n) is 12.5. The average Bonchev–Trinajstić information content (AvgIpc) is 3.15. The Kier molecular flexibility index (Phi) is 8.45. The van der Waals surface area contributed by atoms with Crippen LogP contribution in [0.5, 0.6) is 11.5 Å². The van der Waals surface area contributed by atoms with Crippen LogP contribution in [-0.4, -0.2) is 79.2 Å². The molecule has 2 heterocycles. The smallest absolute Gasteiger partial charge is 0.295 e. The van der Waals surface area contributed by atoms with Crippen LogP contribution < -0.4 is 9.47 Å². The van der Waals surface area contributed by atoms with Gasteiger partial charge in [-0.25, -0.2) is 4.39 Å². The molecule has 37 heavy (non-hydrogen) atoms. The van der Waals surface area contributed by atoms with E-state index in [1.54, 1.807) is 45.2 Å². The first-order chi connectivity index (χ1) is 17.8. The minimum Gasteiger partial charge on any atom is -0.507 e. The highest BCUT2D eigenvalue weighted by Crippen LogP contribution is 2.40. The van der Waals surface area contributed by atoms with Crippen molar-refractivity contribution in [2.45, 2.75) is 32.4 Å². The van der Waals surface area contributed by atoms with Crippen LogP contribution in [0.15, 0.2) is 48.0 Å². The van der Waals surface area contributed by atoms with E-state index in [9.17, 15) is 19.1 Å². The van der Waals surface area contributed by atoms with Crippen LogP contribution in [0.1, 0.15) is 37.4 Å². The molecule has 4 rings (SSSR count). The van der Waals surface area contributed by atoms with Crippen molar-refractivity contribution in [1.82, 2.24) is 9.80 Å². The lowest BCUT2D eigenvalue weighted by molar-refractivity contribution is -0.140. The zero-order chi connectivity index (χ0) is 26.5. The van der Waals surface area contributed by atoms with E-state index >= 15 is 0 Å². The average molecular weight is 513 g/mol. The van der Waals surface area contributed by atoms with E-state index in [-0.39, 0.29) is 23.0 Å². The van der Waals surface area contributed by atoms with E-state index in [0.29, 0.717) is 37.5 Å². The van der Waals surface area contributed by atoms with Crippen LogP contribution in [0, 0.1) is 5.82 Å². The van der Waals surface area contributed by atoms with Crippen LogP contribution in [0.25, 0.3) is 5.76 Å². The fourth-order valence-electron chi connectivity index (χ4n) is 4.69. The number of nitrogens with zero attached hydrogens (tertiary/aromatic N) is 2. The molecule has 1 amide bonds. The van der Waals surface area contributed by atoms with Gasteiger partial charge in [-0.05, 0) is 56.2 Å². The topological polar surface area (TPSA) is 88.5 Å². The van der Waals surface area contributed by atoms with Crippen molar-refractivity contribution in [3.05, 3.63) is 65.0 Å². The number of aliphatic hydroxyl groups is 1. The largest absolute Gasteiger partial charge is 0.507 e. The third-order valence-corrected chi connectivity index (χ3v) is 6.52. The number of ketones is 1. The zero-order valence-corrected chi connectivity index (χ0v) is 21.4. The molecule has 2 saturated heterocycles. The molecule has 1 unspecified atom stereocenters. The SMILES string of the molecule is COc1ccc(C2/C(=C(/O)c3ccc(OC(C)C)c(F)c3)C(=O)C(=O)N2CCCN2CCOCC2)cc1. The number of likely N-dealkylation sites (tertiary alicyclic amines) is 1. The normalized spacial score (nSPS) is 20.0. The lowest BCUT2D eigenvalue weighted by Crippen LogP contribution is -2.38. The molecule has 0 bridgehead atoms. The number of ether oxygens (including phenoxy) is 3. The molecule has 1 atom stereocenters. The van der Waals surface area contributed by atoms with Gasteiger partial charge in [0.15, 0.2) is 11.6 Å². The van der Waals surface area contributed by atoms with Gasteiger partial charge in [-0.15, -0.1) is 0 Å². The lowest BCUT2D eigenvalue weighted by atomic mass is 9.95. The zero-order valence-electron chi connectivity index (χ0n) is 21.4. The number of amides is 1. The van der Waals surface area contributed by atoms with Gasteiger partial charge < -0.3 is 24.2 Å². The van der Waals surface area contributed by atoms with Gasteiger partial charge >= 0.3 is 0 Å². The monoisotopic (exact) mass is 512 g/mol. The quantitative estimate of drug-likeness (QED) is 0.311. The van der Waals surface area contributed by atoms with E-state index in [4.69, 9.17) is 14.2 Å². The number of morpholine rings is 1. The second-order valence-corrected chi connectivity index (χ2v) is 9.39. The molecule has 0 aliphatic carbocycles. The van der Waals surface area contributed by atoms with Crippen molar-refractivity contribution < 1.29 is 33.3 Å². The highest BCUT2D eigenvalue weighted by atomic mass is 19.1. The summed E-state index contributed by atoms with van der Waals surface area (Å²) >= 11 is 0. The molecule has 2 aliphatic rings. The molecule has 0 saturated carbocycles. The number of benzene rings is 2. The predicted octanol–water partition coefficient (Wildman–Crippen LogP) is 3.77. The van der Waals surface area contributed by atoms with Crippen molar-refractivity contribution >= 4 is 17.4 Å². The van der Waals surface area contributed by atoms with Gasteiger partial charge in [0.2, 0.25) is 0 Å². The molecule has 8 nitrogen and oxygen atoms in total. The summed E-state index contributed by atoms with van der Waals surface area (Å²) in [4.78, 5) is 30.1. The molecule has 0 radical (unpaired) electrons. The third-order valence-electron chi connectivity index (χ3n) is 6.52. The molecule has 198 valence electrons. The summed E-state index contributed by atoms with van der Waals surface area (Å²) in [7, 11) is 1.55. The van der Waals surface area contributed by atoms with E-state index in [2.05, 4.69) is 4.90 Å². The van der Waals surface area contributed by atoms with E-state index in [0.717, 1.165) is 25.7 Å². The molecule has 0 aromatic heterocycles. The summed E-state index contributed by atoms with van der Waals surface area (Å²) < 4.78 is 30.8. The van der Waals surface area contributed by atoms with Crippen molar-refractivity contribution in [2.75, 3.05) is 46.5 Å². The molecule has 2 fully saturated rings. The van der Waals surface area contributed by atoms with Gasteiger partial charge in [0.1, 0.15) is 11.5 Å². The number of rotatable bonds is 9. The number of methoxy groups -OCH3 is 1. The molecular formula is C28H33FN2O6. The maximum atomic E-state index is 14.7. The number of Topliss-reactive ketones (excluding diaryl/α,β-unsaturated/α-hetero) is 1. The molecule has 0 spiro atoms. The Labute approximate surface area is 216 Å². The summed E-state index contributed by atoms with van der Waals surface area (Å²) in [6.45, 7) is 7.63. The molecule has 9 heteroatoms. The second kappa shape index (κ2) is 11.7. The van der Waals surface area contributed by atoms with Crippen LogP contribution in [-0.2, 0) is 14.3 Å². The first kappa shape index (κ1) is 26.6. The molecule has 1 N–H and O–H groups in total. The number of hydrogen-bond acceptors (Lipinski definition) is 7.